The maximum Gasteiger partial charge on any atom is 0.0317 e. The molecule has 0 aromatic carbocycles. The van der Waals surface area contributed by atoms with Gasteiger partial charge in [-0.3, -0.25) is 0 Å². The smallest absolute Gasteiger partial charge is 0.0317 e. The van der Waals surface area contributed by atoms with Crippen LogP contribution < -0.4 is 5.32 Å². The maximum absolute atomic E-state index is 3.66. The quantitative estimate of drug-likeness (QED) is 0.806. The van der Waals surface area contributed by atoms with Gasteiger partial charge in [0.2, 0.25) is 0 Å². The van der Waals surface area contributed by atoms with E-state index in [1.54, 1.807) is 4.88 Å². The van der Waals surface area contributed by atoms with Gasteiger partial charge in [0.15, 0.2) is 0 Å². The molecule has 0 amide bonds. The summed E-state index contributed by atoms with van der Waals surface area (Å²) in [5.41, 5.74) is 0. The Morgan fingerprint density at radius 1 is 1.40 bits per heavy atom. The van der Waals surface area contributed by atoms with Crippen molar-refractivity contribution in [3.63, 3.8) is 0 Å². The molecule has 1 fully saturated rings. The Kier molecular flexibility index (Phi) is 4.23. The zero-order chi connectivity index (χ0) is 10.7. The zero-order valence-corrected chi connectivity index (χ0v) is 11.5. The Balaban J connectivity index is 2.10. The van der Waals surface area contributed by atoms with Crippen LogP contribution in [0, 0.1) is 0 Å². The molecule has 0 radical (unpaired) electrons. The summed E-state index contributed by atoms with van der Waals surface area (Å²) >= 11 is 5.56. The molecule has 0 saturated heterocycles. The van der Waals surface area contributed by atoms with Crippen LogP contribution in [0.1, 0.15) is 42.9 Å². The van der Waals surface area contributed by atoms with Gasteiger partial charge in [-0.2, -0.15) is 0 Å². The lowest BCUT2D eigenvalue weighted by Crippen LogP contribution is -2.25. The molecule has 1 aliphatic carbocycles. The van der Waals surface area contributed by atoms with Crippen LogP contribution in [0.15, 0.2) is 15.9 Å². The van der Waals surface area contributed by atoms with Crippen LogP contribution in [0.3, 0.4) is 0 Å². The van der Waals surface area contributed by atoms with E-state index >= 15 is 0 Å². The first-order chi connectivity index (χ1) is 7.31. The van der Waals surface area contributed by atoms with Gasteiger partial charge in [0.1, 0.15) is 0 Å². The van der Waals surface area contributed by atoms with E-state index in [4.69, 9.17) is 0 Å². The highest BCUT2D eigenvalue weighted by Gasteiger charge is 2.22. The second-order valence-corrected chi connectivity index (χ2v) is 6.14. The normalized spacial score (nSPS) is 27.6. The molecule has 3 heteroatoms. The van der Waals surface area contributed by atoms with Crippen molar-refractivity contribution in [2.45, 2.75) is 44.1 Å². The maximum atomic E-state index is 3.66. The molecule has 0 aliphatic heterocycles. The molecule has 2 atom stereocenters. The van der Waals surface area contributed by atoms with Crippen molar-refractivity contribution in [1.82, 2.24) is 5.32 Å². The Bertz CT molecular complexity index is 310. The van der Waals surface area contributed by atoms with Gasteiger partial charge in [0.25, 0.3) is 0 Å². The minimum absolute atomic E-state index is 0.714. The van der Waals surface area contributed by atoms with E-state index in [0.29, 0.717) is 6.04 Å². The first kappa shape index (κ1) is 11.6. The monoisotopic (exact) mass is 287 g/mol. The van der Waals surface area contributed by atoms with Crippen LogP contribution in [-0.4, -0.2) is 13.1 Å². The van der Waals surface area contributed by atoms with E-state index in [0.717, 1.165) is 5.92 Å². The van der Waals surface area contributed by atoms with Crippen molar-refractivity contribution in [3.8, 4) is 0 Å². The molecule has 0 spiro atoms. The molecule has 1 aliphatic rings. The van der Waals surface area contributed by atoms with Crippen molar-refractivity contribution < 1.29 is 0 Å². The first-order valence-electron chi connectivity index (χ1n) is 5.71. The fourth-order valence-corrected chi connectivity index (χ4v) is 4.31. The summed E-state index contributed by atoms with van der Waals surface area (Å²) < 4.78 is 1.31. The summed E-state index contributed by atoms with van der Waals surface area (Å²) in [6, 6.07) is 2.89. The van der Waals surface area contributed by atoms with Crippen molar-refractivity contribution in [2.24, 2.45) is 0 Å². The second-order valence-electron chi connectivity index (χ2n) is 4.34. The number of nitrogens with one attached hydrogen (secondary N) is 1. The van der Waals surface area contributed by atoms with E-state index in [1.165, 1.54) is 36.6 Å². The molecule has 15 heavy (non-hydrogen) atoms. The minimum Gasteiger partial charge on any atom is -0.317 e. The molecule has 0 bridgehead atoms. The Morgan fingerprint density at radius 3 is 2.87 bits per heavy atom. The van der Waals surface area contributed by atoms with Gasteiger partial charge in [0, 0.05) is 15.4 Å². The van der Waals surface area contributed by atoms with Crippen LogP contribution >= 0.6 is 27.3 Å². The van der Waals surface area contributed by atoms with Gasteiger partial charge >= 0.3 is 0 Å². The SMILES string of the molecule is CNC1CCCCC(c2sccc2Br)C1. The number of hydrogen-bond donors (Lipinski definition) is 1. The van der Waals surface area contributed by atoms with Gasteiger partial charge < -0.3 is 5.32 Å². The average molecular weight is 288 g/mol. The second kappa shape index (κ2) is 5.46. The number of thiophene rings is 1. The van der Waals surface area contributed by atoms with E-state index in [1.807, 2.05) is 11.3 Å². The van der Waals surface area contributed by atoms with Crippen molar-refractivity contribution in [3.05, 3.63) is 20.8 Å². The molecule has 1 N–H and O–H groups in total. The molecule has 1 aromatic heterocycles. The van der Waals surface area contributed by atoms with Crippen molar-refractivity contribution >= 4 is 27.3 Å². The summed E-state index contributed by atoms with van der Waals surface area (Å²) in [6.07, 6.45) is 6.76. The van der Waals surface area contributed by atoms with E-state index < -0.39 is 0 Å². The molecular weight excluding hydrogens is 270 g/mol. The first-order valence-corrected chi connectivity index (χ1v) is 7.38. The van der Waals surface area contributed by atoms with E-state index in [9.17, 15) is 0 Å². The largest absolute Gasteiger partial charge is 0.317 e. The fraction of sp³-hybridized carbons (Fsp3) is 0.667. The Morgan fingerprint density at radius 2 is 2.20 bits per heavy atom. The van der Waals surface area contributed by atoms with Gasteiger partial charge in [-0.25, -0.2) is 0 Å². The lowest BCUT2D eigenvalue weighted by Gasteiger charge is -2.18. The standard InChI is InChI=1S/C12H18BrNS/c1-14-10-5-3-2-4-9(8-10)12-11(13)6-7-15-12/h6-7,9-10,14H,2-5,8H2,1H3. The number of halogens is 1. The Labute approximate surface area is 104 Å². The highest BCUT2D eigenvalue weighted by molar-refractivity contribution is 9.10. The summed E-state index contributed by atoms with van der Waals surface area (Å²) in [5, 5.41) is 5.64. The lowest BCUT2D eigenvalue weighted by molar-refractivity contribution is 0.473. The van der Waals surface area contributed by atoms with Gasteiger partial charge in [-0.1, -0.05) is 12.8 Å². The van der Waals surface area contributed by atoms with Gasteiger partial charge in [0.05, 0.1) is 0 Å². The van der Waals surface area contributed by atoms with Gasteiger partial charge in [-0.05, 0) is 59.6 Å². The van der Waals surface area contributed by atoms with Crippen LogP contribution in [0.4, 0.5) is 0 Å². The van der Waals surface area contributed by atoms with E-state index in [-0.39, 0.29) is 0 Å². The van der Waals surface area contributed by atoms with E-state index in [2.05, 4.69) is 39.7 Å². The third-order valence-corrected chi connectivity index (χ3v) is 5.38. The number of hydrogen-bond acceptors (Lipinski definition) is 2. The van der Waals surface area contributed by atoms with Crippen LogP contribution in [-0.2, 0) is 0 Å². The zero-order valence-electron chi connectivity index (χ0n) is 9.13. The fourth-order valence-electron chi connectivity index (χ4n) is 2.46. The topological polar surface area (TPSA) is 12.0 Å². The van der Waals surface area contributed by atoms with Crippen LogP contribution in [0.5, 0.6) is 0 Å². The lowest BCUT2D eigenvalue weighted by atomic mass is 9.96. The Hall–Kier alpha value is 0.140. The molecule has 1 heterocycles. The van der Waals surface area contributed by atoms with Crippen molar-refractivity contribution in [2.75, 3.05) is 7.05 Å². The average Bonchev–Trinajstić information content (AvgIpc) is 2.54. The highest BCUT2D eigenvalue weighted by atomic mass is 79.9. The molecule has 1 saturated carbocycles. The number of rotatable bonds is 2. The molecule has 84 valence electrons. The molecular formula is C12H18BrNS. The minimum atomic E-state index is 0.714. The van der Waals surface area contributed by atoms with Crippen LogP contribution in [0.25, 0.3) is 0 Å². The van der Waals surface area contributed by atoms with Crippen LogP contribution in [0.2, 0.25) is 0 Å². The predicted octanol–water partition coefficient (Wildman–Crippen LogP) is 4.15. The van der Waals surface area contributed by atoms with Crippen molar-refractivity contribution in [1.29, 1.82) is 0 Å². The molecule has 2 unspecified atom stereocenters. The predicted molar refractivity (Wildman–Crippen MR) is 70.7 cm³/mol. The summed E-state index contributed by atoms with van der Waals surface area (Å²) in [4.78, 5) is 1.55. The summed E-state index contributed by atoms with van der Waals surface area (Å²) in [5.74, 6) is 0.763. The van der Waals surface area contributed by atoms with Gasteiger partial charge in [-0.15, -0.1) is 11.3 Å². The highest BCUT2D eigenvalue weighted by Crippen LogP contribution is 2.38. The third kappa shape index (κ3) is 2.83. The molecule has 1 aromatic rings. The molecule has 2 rings (SSSR count). The third-order valence-electron chi connectivity index (χ3n) is 3.35. The molecule has 1 nitrogen and oxygen atoms in total. The summed E-state index contributed by atoms with van der Waals surface area (Å²) in [7, 11) is 2.09. The summed E-state index contributed by atoms with van der Waals surface area (Å²) in [6.45, 7) is 0.